The second-order valence-electron chi connectivity index (χ2n) is 3.44. The van der Waals surface area contributed by atoms with Gasteiger partial charge in [-0.25, -0.2) is 9.78 Å². The van der Waals surface area contributed by atoms with Gasteiger partial charge >= 0.3 is 5.97 Å². The van der Waals surface area contributed by atoms with Crippen molar-refractivity contribution < 1.29 is 14.6 Å². The number of rotatable bonds is 4. The van der Waals surface area contributed by atoms with Crippen molar-refractivity contribution in [3.8, 4) is 11.5 Å². The molecule has 18 heavy (non-hydrogen) atoms. The van der Waals surface area contributed by atoms with Crippen LogP contribution in [0.4, 0.5) is 0 Å². The summed E-state index contributed by atoms with van der Waals surface area (Å²) in [7, 11) is 0. The average Bonchev–Trinajstić information content (AvgIpc) is 2.40. The van der Waals surface area contributed by atoms with Gasteiger partial charge in [0.2, 0.25) is 0 Å². The lowest BCUT2D eigenvalue weighted by molar-refractivity contribution is 0.0690. The van der Waals surface area contributed by atoms with Crippen LogP contribution in [0.5, 0.6) is 11.5 Å². The Kier molecular flexibility index (Phi) is 3.84. The number of carbonyl (C=O) groups is 1. The van der Waals surface area contributed by atoms with Gasteiger partial charge in [0.25, 0.3) is 0 Å². The van der Waals surface area contributed by atoms with E-state index in [-0.39, 0.29) is 5.69 Å². The minimum absolute atomic E-state index is 0.000465. The van der Waals surface area contributed by atoms with Gasteiger partial charge in [0.1, 0.15) is 17.2 Å². The number of hydrogen-bond acceptors (Lipinski definition) is 4. The minimum atomic E-state index is -1.05. The Labute approximate surface area is 109 Å². The monoisotopic (exact) mass is 261 g/mol. The van der Waals surface area contributed by atoms with Crippen LogP contribution in [0.2, 0.25) is 0 Å². The van der Waals surface area contributed by atoms with E-state index >= 15 is 0 Å². The molecular weight excluding hydrogens is 250 g/mol. The number of aromatic carboxylic acids is 1. The van der Waals surface area contributed by atoms with E-state index in [9.17, 15) is 4.79 Å². The van der Waals surface area contributed by atoms with Gasteiger partial charge in [-0.15, -0.1) is 11.8 Å². The molecule has 1 heterocycles. The van der Waals surface area contributed by atoms with Crippen LogP contribution < -0.4 is 4.74 Å². The van der Waals surface area contributed by atoms with Crippen LogP contribution in [0.25, 0.3) is 0 Å². The van der Waals surface area contributed by atoms with Crippen LogP contribution in [0.3, 0.4) is 0 Å². The van der Waals surface area contributed by atoms with Crippen LogP contribution in [-0.4, -0.2) is 22.3 Å². The summed E-state index contributed by atoms with van der Waals surface area (Å²) in [6, 6.07) is 10.6. The number of carboxylic acids is 1. The quantitative estimate of drug-likeness (QED) is 0.856. The van der Waals surface area contributed by atoms with Crippen molar-refractivity contribution in [2.45, 2.75) is 4.90 Å². The topological polar surface area (TPSA) is 59.4 Å². The maximum Gasteiger partial charge on any atom is 0.354 e. The van der Waals surface area contributed by atoms with E-state index in [1.165, 1.54) is 12.3 Å². The molecule has 0 aliphatic rings. The molecule has 92 valence electrons. The SMILES string of the molecule is CSc1ccccc1Oc1ccc(C(=O)O)nc1. The van der Waals surface area contributed by atoms with Crippen LogP contribution in [0.15, 0.2) is 47.5 Å². The molecule has 0 radical (unpaired) electrons. The summed E-state index contributed by atoms with van der Waals surface area (Å²) in [5.74, 6) is 0.197. The van der Waals surface area contributed by atoms with Gasteiger partial charge in [-0.05, 0) is 30.5 Å². The first-order valence-corrected chi connectivity index (χ1v) is 6.43. The molecule has 2 aromatic rings. The average molecular weight is 261 g/mol. The molecule has 0 bridgehead atoms. The number of ether oxygens (including phenoxy) is 1. The van der Waals surface area contributed by atoms with Crippen molar-refractivity contribution in [2.24, 2.45) is 0 Å². The number of pyridine rings is 1. The predicted octanol–water partition coefficient (Wildman–Crippen LogP) is 3.29. The van der Waals surface area contributed by atoms with E-state index in [0.717, 1.165) is 10.6 Å². The highest BCUT2D eigenvalue weighted by atomic mass is 32.2. The number of carboxylic acid groups (broad SMARTS) is 1. The Bertz CT molecular complexity index is 554. The van der Waals surface area contributed by atoms with Gasteiger partial charge in [-0.2, -0.15) is 0 Å². The maximum atomic E-state index is 10.7. The Morgan fingerprint density at radius 2 is 2.06 bits per heavy atom. The zero-order chi connectivity index (χ0) is 13.0. The van der Waals surface area contributed by atoms with Gasteiger partial charge in [0.15, 0.2) is 0 Å². The van der Waals surface area contributed by atoms with E-state index in [4.69, 9.17) is 9.84 Å². The number of nitrogens with zero attached hydrogens (tertiary/aromatic N) is 1. The lowest BCUT2D eigenvalue weighted by atomic mass is 10.3. The number of benzene rings is 1. The van der Waals surface area contributed by atoms with Gasteiger partial charge in [0.05, 0.1) is 6.20 Å². The molecule has 2 rings (SSSR count). The zero-order valence-corrected chi connectivity index (χ0v) is 10.5. The molecule has 0 amide bonds. The largest absolute Gasteiger partial charge is 0.477 e. The fourth-order valence-corrected chi connectivity index (χ4v) is 1.92. The molecule has 0 fully saturated rings. The van der Waals surface area contributed by atoms with Crippen LogP contribution in [0, 0.1) is 0 Å². The summed E-state index contributed by atoms with van der Waals surface area (Å²) in [6.07, 6.45) is 3.37. The van der Waals surface area contributed by atoms with E-state index in [1.807, 2.05) is 30.5 Å². The first-order chi connectivity index (χ1) is 8.70. The molecule has 0 spiro atoms. The molecule has 0 atom stereocenters. The number of hydrogen-bond donors (Lipinski definition) is 1. The molecule has 5 heteroatoms. The second-order valence-corrected chi connectivity index (χ2v) is 4.29. The highest BCUT2D eigenvalue weighted by Crippen LogP contribution is 2.30. The molecule has 1 N–H and O–H groups in total. The standard InChI is InChI=1S/C13H11NO3S/c1-18-12-5-3-2-4-11(12)17-9-6-7-10(13(15)16)14-8-9/h2-8H,1H3,(H,15,16). The Morgan fingerprint density at radius 3 is 2.67 bits per heavy atom. The fourth-order valence-electron chi connectivity index (χ4n) is 1.40. The summed E-state index contributed by atoms with van der Waals surface area (Å²) in [6.45, 7) is 0. The zero-order valence-electron chi connectivity index (χ0n) is 9.66. The first kappa shape index (κ1) is 12.4. The van der Waals surface area contributed by atoms with Crippen molar-refractivity contribution in [2.75, 3.05) is 6.26 Å². The molecule has 4 nitrogen and oxygen atoms in total. The molecule has 0 saturated heterocycles. The van der Waals surface area contributed by atoms with Gasteiger partial charge in [-0.1, -0.05) is 12.1 Å². The van der Waals surface area contributed by atoms with E-state index in [1.54, 1.807) is 17.8 Å². The number of aromatic nitrogens is 1. The summed E-state index contributed by atoms with van der Waals surface area (Å²) in [5, 5.41) is 8.74. The van der Waals surface area contributed by atoms with Crippen molar-refractivity contribution >= 4 is 17.7 Å². The molecule has 0 aliphatic heterocycles. The smallest absolute Gasteiger partial charge is 0.354 e. The maximum absolute atomic E-state index is 10.7. The normalized spacial score (nSPS) is 10.1. The Morgan fingerprint density at radius 1 is 1.28 bits per heavy atom. The minimum Gasteiger partial charge on any atom is -0.477 e. The number of thioether (sulfide) groups is 1. The summed E-state index contributed by atoms with van der Waals surface area (Å²) in [5.41, 5.74) is 0.000465. The molecule has 0 unspecified atom stereocenters. The van der Waals surface area contributed by atoms with Crippen LogP contribution in [-0.2, 0) is 0 Å². The lowest BCUT2D eigenvalue weighted by Crippen LogP contribution is -1.99. The van der Waals surface area contributed by atoms with Crippen LogP contribution >= 0.6 is 11.8 Å². The third-order valence-electron chi connectivity index (χ3n) is 2.25. The third kappa shape index (κ3) is 2.81. The van der Waals surface area contributed by atoms with Crippen molar-refractivity contribution in [1.82, 2.24) is 4.98 Å². The van der Waals surface area contributed by atoms with Crippen LogP contribution in [0.1, 0.15) is 10.5 Å². The fraction of sp³-hybridized carbons (Fsp3) is 0.0769. The number of para-hydroxylation sites is 1. The van der Waals surface area contributed by atoms with Crippen molar-refractivity contribution in [3.05, 3.63) is 48.3 Å². The molecule has 1 aromatic heterocycles. The molecular formula is C13H11NO3S. The van der Waals surface area contributed by atoms with E-state index < -0.39 is 5.97 Å². The third-order valence-corrected chi connectivity index (χ3v) is 3.03. The van der Waals surface area contributed by atoms with E-state index in [2.05, 4.69) is 4.98 Å². The second kappa shape index (κ2) is 5.55. The first-order valence-electron chi connectivity index (χ1n) is 5.21. The van der Waals surface area contributed by atoms with E-state index in [0.29, 0.717) is 5.75 Å². The molecule has 0 aliphatic carbocycles. The lowest BCUT2D eigenvalue weighted by Gasteiger charge is -2.08. The van der Waals surface area contributed by atoms with Crippen molar-refractivity contribution in [1.29, 1.82) is 0 Å². The molecule has 0 saturated carbocycles. The van der Waals surface area contributed by atoms with Gasteiger partial charge < -0.3 is 9.84 Å². The van der Waals surface area contributed by atoms with Gasteiger partial charge in [0, 0.05) is 4.90 Å². The predicted molar refractivity (Wildman–Crippen MR) is 69.5 cm³/mol. The highest BCUT2D eigenvalue weighted by Gasteiger charge is 2.06. The van der Waals surface area contributed by atoms with Crippen molar-refractivity contribution in [3.63, 3.8) is 0 Å². The summed E-state index contributed by atoms with van der Waals surface area (Å²) >= 11 is 1.58. The Balaban J connectivity index is 2.21. The highest BCUT2D eigenvalue weighted by molar-refractivity contribution is 7.98. The summed E-state index contributed by atoms with van der Waals surface area (Å²) in [4.78, 5) is 15.5. The summed E-state index contributed by atoms with van der Waals surface area (Å²) < 4.78 is 5.66. The Hall–Kier alpha value is -2.01. The van der Waals surface area contributed by atoms with Gasteiger partial charge in [-0.3, -0.25) is 0 Å². The molecule has 1 aromatic carbocycles.